The maximum atomic E-state index is 16.3. The van der Waals surface area contributed by atoms with Crippen LogP contribution in [0.4, 0.5) is 8.78 Å². The summed E-state index contributed by atoms with van der Waals surface area (Å²) in [4.78, 5) is 64.6. The third-order valence-electron chi connectivity index (χ3n) is 14.8. The van der Waals surface area contributed by atoms with E-state index in [4.69, 9.17) is 0 Å². The van der Waals surface area contributed by atoms with Gasteiger partial charge in [-0.2, -0.15) is 0 Å². The van der Waals surface area contributed by atoms with E-state index in [1.54, 1.807) is 6.07 Å². The van der Waals surface area contributed by atoms with E-state index in [1.165, 1.54) is 5.56 Å². The third-order valence-corrected chi connectivity index (χ3v) is 14.8. The van der Waals surface area contributed by atoms with Crippen molar-refractivity contribution in [2.45, 2.75) is 101 Å². The number of imide groups is 1. The molecule has 61 heavy (non-hydrogen) atoms. The summed E-state index contributed by atoms with van der Waals surface area (Å²) in [6, 6.07) is 16.4. The van der Waals surface area contributed by atoms with Crippen molar-refractivity contribution in [2.24, 2.45) is 5.92 Å². The molecule has 0 bridgehead atoms. The number of H-pyrrole nitrogens is 1. The quantitative estimate of drug-likeness (QED) is 0.189. The van der Waals surface area contributed by atoms with E-state index in [9.17, 15) is 19.2 Å². The number of hydrogen-bond acceptors (Lipinski definition) is 6. The number of likely N-dealkylation sites (tertiary alicyclic amines) is 1. The number of halogens is 2. The molecule has 5 aliphatic heterocycles. The molecule has 3 aromatic carbocycles. The third kappa shape index (κ3) is 6.64. The fourth-order valence-electron chi connectivity index (χ4n) is 11.2. The summed E-state index contributed by atoms with van der Waals surface area (Å²) in [7, 11) is 0. The van der Waals surface area contributed by atoms with Crippen LogP contribution < -0.4 is 5.32 Å². The minimum atomic E-state index is -1.19. The van der Waals surface area contributed by atoms with Crippen LogP contribution in [0.25, 0.3) is 16.5 Å². The van der Waals surface area contributed by atoms with Crippen LogP contribution in [-0.4, -0.2) is 92.1 Å². The Labute approximate surface area is 353 Å². The molecular weight excluding hydrogens is 775 g/mol. The number of hydrogen-bond donors (Lipinski definition) is 2. The molecule has 11 rings (SSSR count). The van der Waals surface area contributed by atoms with Crippen LogP contribution >= 0.6 is 0 Å². The van der Waals surface area contributed by atoms with Gasteiger partial charge in [-0.15, -0.1) is 0 Å². The summed E-state index contributed by atoms with van der Waals surface area (Å²) in [6.45, 7) is 7.47. The molecule has 2 N–H and O–H groups in total. The van der Waals surface area contributed by atoms with Gasteiger partial charge in [0.05, 0.1) is 17.2 Å². The highest BCUT2D eigenvalue weighted by Crippen LogP contribution is 2.46. The van der Waals surface area contributed by atoms with Crippen molar-refractivity contribution in [1.82, 2.24) is 29.9 Å². The number of rotatable bonds is 7. The molecule has 12 heteroatoms. The van der Waals surface area contributed by atoms with Gasteiger partial charge in [-0.3, -0.25) is 33.9 Å². The van der Waals surface area contributed by atoms with Gasteiger partial charge in [0.15, 0.2) is 0 Å². The van der Waals surface area contributed by atoms with E-state index in [2.05, 4.69) is 38.8 Å². The molecule has 10 nitrogen and oxygen atoms in total. The Bertz CT molecular complexity index is 2540. The largest absolute Gasteiger partial charge is 0.357 e. The van der Waals surface area contributed by atoms with Crippen LogP contribution in [-0.2, 0) is 29.1 Å². The molecule has 2 saturated heterocycles. The van der Waals surface area contributed by atoms with E-state index in [0.717, 1.165) is 63.0 Å². The van der Waals surface area contributed by atoms with Crippen molar-refractivity contribution in [2.75, 3.05) is 26.2 Å². The Morgan fingerprint density at radius 3 is 2.28 bits per heavy atom. The first-order valence-electron chi connectivity index (χ1n) is 22.1. The van der Waals surface area contributed by atoms with Crippen LogP contribution in [0.5, 0.6) is 0 Å². The molecule has 1 saturated carbocycles. The number of fused-ring (bicyclic) bond motifs is 5. The number of aromatic nitrogens is 1. The molecule has 4 aromatic rings. The lowest BCUT2D eigenvalue weighted by Gasteiger charge is -2.38. The number of carbonyl (C=O) groups excluding carboxylic acids is 4. The summed E-state index contributed by atoms with van der Waals surface area (Å²) in [5.41, 5.74) is 7.83. The van der Waals surface area contributed by atoms with Crippen LogP contribution in [0.1, 0.15) is 118 Å². The highest BCUT2D eigenvalue weighted by atomic mass is 19.1. The number of piperidine rings is 2. The van der Waals surface area contributed by atoms with E-state index < -0.39 is 29.6 Å². The lowest BCUT2D eigenvalue weighted by atomic mass is 9.84. The Morgan fingerprint density at radius 2 is 1.61 bits per heavy atom. The zero-order chi connectivity index (χ0) is 41.7. The first kappa shape index (κ1) is 38.5. The SMILES string of the molecule is C=C1CCC(N2C(=O)c3cc4c(cc3C2=O)CN(C2CCN(C(=O)C3CC=C(c5ccc(C6c7[nH]c8ccccc8c7CCN6CC6(F)CC6)c(F)c5)CC3)CC2)C4)C(=O)N1. The average Bonchev–Trinajstić information content (AvgIpc) is 3.56. The Morgan fingerprint density at radius 1 is 0.869 bits per heavy atom. The maximum absolute atomic E-state index is 16.3. The molecule has 314 valence electrons. The molecule has 6 heterocycles. The van der Waals surface area contributed by atoms with Crippen molar-refractivity contribution in [3.8, 4) is 0 Å². The van der Waals surface area contributed by atoms with Crippen molar-refractivity contribution < 1.29 is 28.0 Å². The van der Waals surface area contributed by atoms with Gasteiger partial charge in [-0.25, -0.2) is 8.78 Å². The predicted octanol–water partition coefficient (Wildman–Crippen LogP) is 7.34. The van der Waals surface area contributed by atoms with Crippen molar-refractivity contribution in [3.05, 3.63) is 123 Å². The summed E-state index contributed by atoms with van der Waals surface area (Å²) in [5, 5.41) is 3.84. The number of nitrogens with one attached hydrogen (secondary N) is 2. The second-order valence-corrected chi connectivity index (χ2v) is 18.5. The minimum Gasteiger partial charge on any atom is -0.357 e. The minimum absolute atomic E-state index is 0.109. The molecule has 3 unspecified atom stereocenters. The first-order valence-corrected chi connectivity index (χ1v) is 22.1. The first-order chi connectivity index (χ1) is 29.5. The number of nitrogens with zero attached hydrogens (tertiary/aromatic N) is 4. The lowest BCUT2D eigenvalue weighted by molar-refractivity contribution is -0.137. The van der Waals surface area contributed by atoms with Crippen LogP contribution in [0.2, 0.25) is 0 Å². The number of carbonyl (C=O) groups is 4. The Hall–Kier alpha value is -5.46. The summed E-state index contributed by atoms with van der Waals surface area (Å²) < 4.78 is 31.6. The number of alkyl halides is 1. The number of aromatic amines is 1. The smallest absolute Gasteiger partial charge is 0.262 e. The van der Waals surface area contributed by atoms with Gasteiger partial charge in [0.1, 0.15) is 17.5 Å². The molecule has 3 atom stereocenters. The van der Waals surface area contributed by atoms with Crippen LogP contribution in [0.15, 0.2) is 72.9 Å². The molecule has 2 aliphatic carbocycles. The van der Waals surface area contributed by atoms with Crippen LogP contribution in [0.3, 0.4) is 0 Å². The molecule has 3 fully saturated rings. The van der Waals surface area contributed by atoms with E-state index in [0.29, 0.717) is 107 Å². The van der Waals surface area contributed by atoms with E-state index in [-0.39, 0.29) is 29.6 Å². The van der Waals surface area contributed by atoms with Gasteiger partial charge < -0.3 is 15.2 Å². The second kappa shape index (κ2) is 14.6. The van der Waals surface area contributed by atoms with E-state index in [1.807, 2.05) is 47.4 Å². The van der Waals surface area contributed by atoms with Gasteiger partial charge in [-0.05, 0) is 116 Å². The van der Waals surface area contributed by atoms with Crippen molar-refractivity contribution in [3.63, 3.8) is 0 Å². The lowest BCUT2D eigenvalue weighted by Crippen LogP contribution is -2.51. The fraction of sp³-hybridized carbons (Fsp3) is 0.429. The fourth-order valence-corrected chi connectivity index (χ4v) is 11.2. The van der Waals surface area contributed by atoms with Gasteiger partial charge in [-0.1, -0.05) is 43.0 Å². The molecule has 0 spiro atoms. The second-order valence-electron chi connectivity index (χ2n) is 18.5. The van der Waals surface area contributed by atoms with E-state index >= 15 is 8.78 Å². The number of allylic oxidation sites excluding steroid dienone is 3. The monoisotopic (exact) mass is 824 g/mol. The zero-order valence-corrected chi connectivity index (χ0v) is 34.3. The summed E-state index contributed by atoms with van der Waals surface area (Å²) >= 11 is 0. The molecule has 0 radical (unpaired) electrons. The predicted molar refractivity (Wildman–Crippen MR) is 226 cm³/mol. The van der Waals surface area contributed by atoms with Gasteiger partial charge in [0, 0.05) is 79.1 Å². The highest BCUT2D eigenvalue weighted by molar-refractivity contribution is 6.23. The molecule has 1 aromatic heterocycles. The van der Waals surface area contributed by atoms with Crippen molar-refractivity contribution >= 4 is 40.1 Å². The number of amides is 4. The van der Waals surface area contributed by atoms with Gasteiger partial charge in [0.2, 0.25) is 11.8 Å². The normalized spacial score (nSPS) is 25.4. The molecule has 7 aliphatic rings. The Kier molecular flexibility index (Phi) is 9.19. The average molecular weight is 825 g/mol. The summed E-state index contributed by atoms with van der Waals surface area (Å²) in [6.07, 6.45) is 8.63. The summed E-state index contributed by atoms with van der Waals surface area (Å²) in [5.74, 6) is -1.41. The van der Waals surface area contributed by atoms with Crippen LogP contribution in [0, 0.1) is 11.7 Å². The highest BCUT2D eigenvalue weighted by Gasteiger charge is 2.48. The maximum Gasteiger partial charge on any atom is 0.262 e. The standard InChI is InChI=1S/C49H50F2N6O4/c1-28-6-13-42(45(58)52-28)57-47(60)38-22-32-25-56(26-33(32)23-39(38)48(57)61)34-14-19-54(20-15-34)46(59)30-9-7-29(8-10-30)31-11-12-37(40(50)24-31)44-43-36(35-4-2-3-5-41(35)53-43)16-21-55(44)27-49(51)17-18-49/h2-5,7,11-12,22-24,30,34,42,44,53H,1,6,8-10,13-21,25-27H2,(H,52,58). The van der Waals surface area contributed by atoms with Gasteiger partial charge >= 0.3 is 0 Å². The number of para-hydroxylation sites is 1. The van der Waals surface area contributed by atoms with Crippen molar-refractivity contribution in [1.29, 1.82) is 0 Å². The van der Waals surface area contributed by atoms with Gasteiger partial charge in [0.25, 0.3) is 11.8 Å². The molecular formula is C49H50F2N6O4. The number of benzene rings is 3. The molecule has 4 amide bonds. The topological polar surface area (TPSA) is 109 Å². The Balaban J connectivity index is 0.716. The zero-order valence-electron chi connectivity index (χ0n) is 34.3.